The molecule has 7 atom stereocenters. The second-order valence-corrected chi connectivity index (χ2v) is 11.2. The number of nitrogen functional groups attached to an aromatic ring is 1. The third kappa shape index (κ3) is 3.25. The highest BCUT2D eigenvalue weighted by Crippen LogP contribution is 2.65. The summed E-state index contributed by atoms with van der Waals surface area (Å²) >= 11 is 0. The maximum atomic E-state index is 12.8. The maximum Gasteiger partial charge on any atom is 0.246 e. The van der Waals surface area contributed by atoms with Crippen LogP contribution in [0, 0.1) is 34.5 Å². The van der Waals surface area contributed by atoms with Gasteiger partial charge in [-0.25, -0.2) is 4.98 Å². The topological polar surface area (TPSA) is 88.3 Å². The molecule has 3 aliphatic carbocycles. The van der Waals surface area contributed by atoms with Gasteiger partial charge in [-0.3, -0.25) is 9.59 Å². The van der Waals surface area contributed by atoms with Crippen LogP contribution in [0.25, 0.3) is 0 Å². The zero-order chi connectivity index (χ0) is 22.7. The number of likely N-dealkylation sites (N-methyl/N-ethyl adjacent to an activating group) is 1. The molecule has 2 amide bonds. The number of hydrogen-bond acceptors (Lipinski definition) is 4. The molecule has 6 nitrogen and oxygen atoms in total. The van der Waals surface area contributed by atoms with Crippen LogP contribution in [0.5, 0.6) is 0 Å². The summed E-state index contributed by atoms with van der Waals surface area (Å²) in [4.78, 5) is 31.3. The summed E-state index contributed by atoms with van der Waals surface area (Å²) in [6, 6.07) is 3.84. The molecule has 4 aliphatic rings. The smallest absolute Gasteiger partial charge is 0.246 e. The minimum absolute atomic E-state index is 0.0577. The zero-order valence-corrected chi connectivity index (χ0v) is 19.5. The van der Waals surface area contributed by atoms with E-state index in [-0.39, 0.29) is 22.6 Å². The number of anilines is 2. The van der Waals surface area contributed by atoms with Crippen molar-refractivity contribution in [2.75, 3.05) is 18.1 Å². The SMILES string of the molecule is CN1C(=O)C=C[C@]2(C)C3CC[C@@]4(C)C(CC[C@@H]4CC(=O)Nc4ccc(N)cn4)C3CCC12. The number of amides is 2. The molecule has 1 aromatic heterocycles. The first-order valence-corrected chi connectivity index (χ1v) is 12.2. The highest BCUT2D eigenvalue weighted by molar-refractivity contribution is 5.90. The molecule has 5 rings (SSSR count). The molecule has 3 saturated carbocycles. The number of nitrogens with zero attached hydrogens (tertiary/aromatic N) is 2. The Morgan fingerprint density at radius 2 is 2.00 bits per heavy atom. The van der Waals surface area contributed by atoms with Gasteiger partial charge in [0.05, 0.1) is 11.9 Å². The summed E-state index contributed by atoms with van der Waals surface area (Å²) in [6.45, 7) is 4.83. The number of fused-ring (bicyclic) bond motifs is 5. The van der Waals surface area contributed by atoms with Gasteiger partial charge in [-0.2, -0.15) is 0 Å². The molecule has 3 fully saturated rings. The van der Waals surface area contributed by atoms with Crippen LogP contribution in [0.2, 0.25) is 0 Å². The molecular formula is C26H36N4O2. The van der Waals surface area contributed by atoms with Gasteiger partial charge >= 0.3 is 0 Å². The van der Waals surface area contributed by atoms with Gasteiger partial charge in [-0.15, -0.1) is 0 Å². The Morgan fingerprint density at radius 1 is 1.19 bits per heavy atom. The van der Waals surface area contributed by atoms with Crippen molar-refractivity contribution in [3.63, 3.8) is 0 Å². The fourth-order valence-electron chi connectivity index (χ4n) is 8.08. The van der Waals surface area contributed by atoms with Gasteiger partial charge in [0, 0.05) is 24.9 Å². The van der Waals surface area contributed by atoms with Crippen LogP contribution in [-0.2, 0) is 9.59 Å². The molecule has 172 valence electrons. The van der Waals surface area contributed by atoms with E-state index in [4.69, 9.17) is 5.73 Å². The molecule has 2 heterocycles. The lowest BCUT2D eigenvalue weighted by Gasteiger charge is -2.60. The molecule has 4 unspecified atom stereocenters. The van der Waals surface area contributed by atoms with Crippen molar-refractivity contribution >= 4 is 23.3 Å². The Kier molecular flexibility index (Phi) is 5.10. The summed E-state index contributed by atoms with van der Waals surface area (Å²) in [5, 5.41) is 2.97. The number of pyridine rings is 1. The van der Waals surface area contributed by atoms with E-state index in [1.165, 1.54) is 25.7 Å². The number of carbonyl (C=O) groups is 2. The van der Waals surface area contributed by atoms with Crippen LogP contribution in [0.4, 0.5) is 11.5 Å². The molecule has 0 aromatic carbocycles. The fraction of sp³-hybridized carbons (Fsp3) is 0.654. The Labute approximate surface area is 191 Å². The third-order valence-electron chi connectivity index (χ3n) is 9.81. The van der Waals surface area contributed by atoms with Crippen molar-refractivity contribution < 1.29 is 9.59 Å². The average Bonchev–Trinajstić information content (AvgIpc) is 3.09. The van der Waals surface area contributed by atoms with E-state index in [0.29, 0.717) is 47.6 Å². The van der Waals surface area contributed by atoms with Crippen molar-refractivity contribution in [2.24, 2.45) is 34.5 Å². The van der Waals surface area contributed by atoms with Crippen molar-refractivity contribution in [2.45, 2.75) is 64.8 Å². The van der Waals surface area contributed by atoms with Gasteiger partial charge in [0.1, 0.15) is 5.82 Å². The molecule has 3 N–H and O–H groups in total. The quantitative estimate of drug-likeness (QED) is 0.741. The molecule has 6 heteroatoms. The van der Waals surface area contributed by atoms with Crippen LogP contribution in [0.15, 0.2) is 30.5 Å². The van der Waals surface area contributed by atoms with Crippen LogP contribution in [0.3, 0.4) is 0 Å². The van der Waals surface area contributed by atoms with Gasteiger partial charge in [-0.05, 0) is 85.8 Å². The molecule has 0 spiro atoms. The normalized spacial score (nSPS) is 40.4. The Balaban J connectivity index is 1.31. The molecule has 0 bridgehead atoms. The highest BCUT2D eigenvalue weighted by atomic mass is 16.2. The van der Waals surface area contributed by atoms with Gasteiger partial charge < -0.3 is 16.0 Å². The predicted octanol–water partition coefficient (Wildman–Crippen LogP) is 4.25. The monoisotopic (exact) mass is 436 g/mol. The molecule has 32 heavy (non-hydrogen) atoms. The second-order valence-electron chi connectivity index (χ2n) is 11.2. The van der Waals surface area contributed by atoms with Crippen LogP contribution >= 0.6 is 0 Å². The van der Waals surface area contributed by atoms with Crippen molar-refractivity contribution in [1.29, 1.82) is 0 Å². The predicted molar refractivity (Wildman–Crippen MR) is 125 cm³/mol. The maximum absolute atomic E-state index is 12.8. The molecule has 0 saturated heterocycles. The van der Waals surface area contributed by atoms with E-state index in [2.05, 4.69) is 30.2 Å². The lowest BCUT2D eigenvalue weighted by atomic mass is 9.47. The standard InChI is InChI=1S/C26H36N4O2/c1-25-12-10-20-18(6-8-21-26(20,2)13-11-24(32)30(21)3)19(25)7-4-16(25)14-23(31)29-22-9-5-17(27)15-28-22/h5,9,11,13,15-16,18-21H,4,6-8,10,12,14,27H2,1-3H3,(H,28,29,31)/t16-,18?,19?,20?,21?,25-,26-/m1/s1. The number of rotatable bonds is 3. The fourth-order valence-corrected chi connectivity index (χ4v) is 8.08. The van der Waals surface area contributed by atoms with Crippen LogP contribution in [-0.4, -0.2) is 34.8 Å². The summed E-state index contributed by atoms with van der Waals surface area (Å²) in [5.41, 5.74) is 6.59. The summed E-state index contributed by atoms with van der Waals surface area (Å²) in [5.74, 6) is 3.17. The Hall–Kier alpha value is -2.37. The minimum Gasteiger partial charge on any atom is -0.397 e. The van der Waals surface area contributed by atoms with E-state index in [1.54, 1.807) is 24.4 Å². The molecule has 0 radical (unpaired) electrons. The minimum atomic E-state index is 0.0577. The summed E-state index contributed by atoms with van der Waals surface area (Å²) in [7, 11) is 1.97. The molecule has 1 aliphatic heterocycles. The van der Waals surface area contributed by atoms with Gasteiger partial charge in [0.15, 0.2) is 0 Å². The number of aromatic nitrogens is 1. The summed E-state index contributed by atoms with van der Waals surface area (Å²) in [6.07, 6.45) is 13.2. The summed E-state index contributed by atoms with van der Waals surface area (Å²) < 4.78 is 0. The van der Waals surface area contributed by atoms with Crippen molar-refractivity contribution in [1.82, 2.24) is 9.88 Å². The first kappa shape index (κ1) is 21.5. The third-order valence-corrected chi connectivity index (χ3v) is 9.81. The molecule has 1 aromatic rings. The van der Waals surface area contributed by atoms with E-state index < -0.39 is 0 Å². The number of hydrogen-bond donors (Lipinski definition) is 2. The number of nitrogens with two attached hydrogens (primary N) is 1. The number of nitrogens with one attached hydrogen (secondary N) is 1. The first-order valence-electron chi connectivity index (χ1n) is 12.2. The number of carbonyl (C=O) groups excluding carboxylic acids is 2. The van der Waals surface area contributed by atoms with E-state index >= 15 is 0 Å². The molecular weight excluding hydrogens is 400 g/mol. The lowest BCUT2D eigenvalue weighted by molar-refractivity contribution is -0.139. The lowest BCUT2D eigenvalue weighted by Crippen LogP contribution is -2.59. The van der Waals surface area contributed by atoms with E-state index in [9.17, 15) is 9.59 Å². The van der Waals surface area contributed by atoms with Gasteiger partial charge in [0.2, 0.25) is 11.8 Å². The average molecular weight is 437 g/mol. The largest absolute Gasteiger partial charge is 0.397 e. The zero-order valence-electron chi connectivity index (χ0n) is 19.5. The van der Waals surface area contributed by atoms with E-state index in [1.807, 2.05) is 11.9 Å². The Bertz CT molecular complexity index is 944. The Morgan fingerprint density at radius 3 is 2.75 bits per heavy atom. The second kappa shape index (κ2) is 7.60. The van der Waals surface area contributed by atoms with Crippen LogP contribution in [0.1, 0.15) is 58.8 Å². The van der Waals surface area contributed by atoms with Gasteiger partial charge in [0.25, 0.3) is 0 Å². The van der Waals surface area contributed by atoms with Gasteiger partial charge in [-0.1, -0.05) is 19.9 Å². The first-order chi connectivity index (χ1) is 15.2. The highest BCUT2D eigenvalue weighted by Gasteiger charge is 2.60. The van der Waals surface area contributed by atoms with Crippen molar-refractivity contribution in [3.05, 3.63) is 30.5 Å². The van der Waals surface area contributed by atoms with Crippen LogP contribution < -0.4 is 11.1 Å². The van der Waals surface area contributed by atoms with E-state index in [0.717, 1.165) is 12.8 Å². The van der Waals surface area contributed by atoms with Crippen molar-refractivity contribution in [3.8, 4) is 0 Å².